The van der Waals surface area contributed by atoms with Crippen molar-refractivity contribution in [1.82, 2.24) is 0 Å². The van der Waals surface area contributed by atoms with Crippen molar-refractivity contribution in [1.29, 1.82) is 0 Å². The fourth-order valence-corrected chi connectivity index (χ4v) is 0.670. The maximum Gasteiger partial charge on any atom is 0.0123 e. The standard InChI is InChI=1S/C7H5ClF.2W/c1-5-2-3-6(9)4-7(5)8;;/h2-3H,1H3;;/q-1;;. The molecule has 0 N–H and O–H groups in total. The molecular formula is C7H5ClFW2-. The first-order valence-corrected chi connectivity index (χ1v) is 2.92. The number of halogens is 2. The van der Waals surface area contributed by atoms with E-state index in [1.54, 1.807) is 13.0 Å². The first-order valence-electron chi connectivity index (χ1n) is 2.54. The summed E-state index contributed by atoms with van der Waals surface area (Å²) in [6.07, 6.45) is 0. The summed E-state index contributed by atoms with van der Waals surface area (Å²) < 4.78 is 12.2. The molecule has 0 radical (unpaired) electrons. The quantitative estimate of drug-likeness (QED) is 0.471. The third kappa shape index (κ3) is 4.40. The minimum absolute atomic E-state index is 0. The van der Waals surface area contributed by atoms with E-state index >= 15 is 0 Å². The van der Waals surface area contributed by atoms with Crippen molar-refractivity contribution >= 4 is 11.6 Å². The van der Waals surface area contributed by atoms with Gasteiger partial charge in [0.15, 0.2) is 0 Å². The molecule has 0 amide bonds. The summed E-state index contributed by atoms with van der Waals surface area (Å²) in [6.45, 7) is 1.80. The molecule has 0 saturated heterocycles. The Hall–Kier alpha value is 0.817. The molecule has 1 rings (SSSR count). The summed E-state index contributed by atoms with van der Waals surface area (Å²) in [5, 5.41) is 0.356. The van der Waals surface area contributed by atoms with Crippen molar-refractivity contribution in [2.24, 2.45) is 0 Å². The van der Waals surface area contributed by atoms with Gasteiger partial charge in [-0.25, -0.2) is 4.39 Å². The maximum atomic E-state index is 12.2. The second-order valence-electron chi connectivity index (χ2n) is 1.80. The Kier molecular flexibility index (Phi) is 8.28. The fourth-order valence-electron chi connectivity index (χ4n) is 0.516. The summed E-state index contributed by atoms with van der Waals surface area (Å²) in [5.41, 5.74) is 0.845. The number of rotatable bonds is 0. The molecule has 0 fully saturated rings. The molecule has 0 saturated carbocycles. The van der Waals surface area contributed by atoms with Crippen LogP contribution >= 0.6 is 11.6 Å². The SMILES string of the molecule is Cc1ccc(F)[c-]c1Cl.[W].[W]. The summed E-state index contributed by atoms with van der Waals surface area (Å²) in [4.78, 5) is 0. The van der Waals surface area contributed by atoms with E-state index in [0.717, 1.165) is 5.56 Å². The Morgan fingerprint density at radius 2 is 1.91 bits per heavy atom. The molecule has 1 aromatic carbocycles. The molecule has 1 aromatic rings. The van der Waals surface area contributed by atoms with E-state index < -0.39 is 5.82 Å². The summed E-state index contributed by atoms with van der Waals surface area (Å²) in [6, 6.07) is 5.29. The molecule has 0 aromatic heterocycles. The first-order chi connectivity index (χ1) is 4.20. The molecule has 0 aliphatic carbocycles. The number of hydrogen-bond acceptors (Lipinski definition) is 0. The zero-order valence-electron chi connectivity index (χ0n) is 5.73. The van der Waals surface area contributed by atoms with E-state index in [1.807, 2.05) is 0 Å². The normalized spacial score (nSPS) is 7.91. The second-order valence-corrected chi connectivity index (χ2v) is 2.18. The molecule has 0 spiro atoms. The molecule has 0 atom stereocenters. The summed E-state index contributed by atoms with van der Waals surface area (Å²) in [5.74, 6) is -0.411. The van der Waals surface area contributed by atoms with Crippen LogP contribution in [0.15, 0.2) is 12.1 Å². The van der Waals surface area contributed by atoms with Crippen LogP contribution in [0.25, 0.3) is 0 Å². The van der Waals surface area contributed by atoms with E-state index in [0.29, 0.717) is 5.02 Å². The molecule has 4 heteroatoms. The van der Waals surface area contributed by atoms with Gasteiger partial charge < -0.3 is 0 Å². The van der Waals surface area contributed by atoms with Gasteiger partial charge in [-0.1, -0.05) is 11.9 Å². The first kappa shape index (κ1) is 14.3. The average molecular weight is 511 g/mol. The minimum Gasteiger partial charge on any atom is -0.236 e. The van der Waals surface area contributed by atoms with Crippen molar-refractivity contribution in [3.63, 3.8) is 0 Å². The largest absolute Gasteiger partial charge is 0.236 e. The van der Waals surface area contributed by atoms with Crippen molar-refractivity contribution in [2.45, 2.75) is 6.92 Å². The van der Waals surface area contributed by atoms with Crippen LogP contribution in [0, 0.1) is 18.8 Å². The maximum absolute atomic E-state index is 12.2. The number of aryl methyl sites for hydroxylation is 1. The molecule has 11 heavy (non-hydrogen) atoms. The van der Waals surface area contributed by atoms with Gasteiger partial charge in [-0.2, -0.15) is 6.07 Å². The van der Waals surface area contributed by atoms with Crippen LogP contribution in [0.2, 0.25) is 5.02 Å². The van der Waals surface area contributed by atoms with Crippen LogP contribution < -0.4 is 0 Å². The second kappa shape index (κ2) is 6.35. The van der Waals surface area contributed by atoms with Gasteiger partial charge >= 0.3 is 0 Å². The monoisotopic (exact) mass is 511 g/mol. The van der Waals surface area contributed by atoms with E-state index in [1.165, 1.54) is 6.07 Å². The topological polar surface area (TPSA) is 0 Å². The molecule has 60 valence electrons. The third-order valence-electron chi connectivity index (χ3n) is 1.06. The predicted octanol–water partition coefficient (Wildman–Crippen LogP) is 2.58. The zero-order chi connectivity index (χ0) is 6.85. The van der Waals surface area contributed by atoms with Gasteiger partial charge in [0.25, 0.3) is 0 Å². The van der Waals surface area contributed by atoms with E-state index in [-0.39, 0.29) is 42.1 Å². The van der Waals surface area contributed by atoms with Gasteiger partial charge in [0, 0.05) is 47.9 Å². The molecule has 0 heterocycles. The molecular weight excluding hydrogens is 506 g/mol. The zero-order valence-corrected chi connectivity index (χ0v) is 12.3. The van der Waals surface area contributed by atoms with Gasteiger partial charge in [-0.15, -0.1) is 29.3 Å². The number of hydrogen-bond donors (Lipinski definition) is 0. The van der Waals surface area contributed by atoms with E-state index in [2.05, 4.69) is 6.07 Å². The van der Waals surface area contributed by atoms with Gasteiger partial charge in [-0.05, 0) is 0 Å². The Bertz CT molecular complexity index is 228. The number of benzene rings is 1. The van der Waals surface area contributed by atoms with Crippen molar-refractivity contribution in [3.05, 3.63) is 34.6 Å². The van der Waals surface area contributed by atoms with E-state index in [9.17, 15) is 4.39 Å². The van der Waals surface area contributed by atoms with Gasteiger partial charge in [-0.3, -0.25) is 0 Å². The van der Waals surface area contributed by atoms with Crippen LogP contribution in [0.4, 0.5) is 4.39 Å². The van der Waals surface area contributed by atoms with Crippen LogP contribution in [-0.2, 0) is 42.1 Å². The van der Waals surface area contributed by atoms with Gasteiger partial charge in [0.1, 0.15) is 0 Å². The molecule has 0 aliphatic heterocycles. The van der Waals surface area contributed by atoms with Gasteiger partial charge in [0.2, 0.25) is 0 Å². The average Bonchev–Trinajstić information content (AvgIpc) is 1.80. The van der Waals surface area contributed by atoms with Crippen molar-refractivity contribution in [2.75, 3.05) is 0 Å². The van der Waals surface area contributed by atoms with Crippen LogP contribution in [0.5, 0.6) is 0 Å². The van der Waals surface area contributed by atoms with Crippen molar-refractivity contribution in [3.8, 4) is 0 Å². The molecule has 0 nitrogen and oxygen atoms in total. The Morgan fingerprint density at radius 3 is 2.27 bits per heavy atom. The molecule has 0 aliphatic rings. The van der Waals surface area contributed by atoms with E-state index in [4.69, 9.17) is 11.6 Å². The minimum atomic E-state index is -0.411. The van der Waals surface area contributed by atoms with Crippen LogP contribution in [-0.4, -0.2) is 0 Å². The summed E-state index contributed by atoms with van der Waals surface area (Å²) >= 11 is 5.52. The summed E-state index contributed by atoms with van der Waals surface area (Å²) in [7, 11) is 0. The Morgan fingerprint density at radius 1 is 1.36 bits per heavy atom. The smallest absolute Gasteiger partial charge is 0.0123 e. The molecule has 0 bridgehead atoms. The van der Waals surface area contributed by atoms with Crippen LogP contribution in [0.1, 0.15) is 5.56 Å². The Labute approximate surface area is 99.0 Å². The third-order valence-corrected chi connectivity index (χ3v) is 1.45. The molecule has 0 unspecified atom stereocenters. The predicted molar refractivity (Wildman–Crippen MR) is 35.0 cm³/mol. The van der Waals surface area contributed by atoms with Crippen LogP contribution in [0.3, 0.4) is 0 Å². The fraction of sp³-hybridized carbons (Fsp3) is 0.143. The Balaban J connectivity index is 0. The van der Waals surface area contributed by atoms with Crippen molar-refractivity contribution < 1.29 is 46.5 Å². The van der Waals surface area contributed by atoms with Gasteiger partial charge in [0.05, 0.1) is 0 Å².